The van der Waals surface area contributed by atoms with Crippen molar-refractivity contribution in [2.75, 3.05) is 6.61 Å². The van der Waals surface area contributed by atoms with Crippen LogP contribution in [0.2, 0.25) is 0 Å². The van der Waals surface area contributed by atoms with E-state index >= 15 is 0 Å². The number of rotatable bonds is 6. The molecule has 0 aromatic heterocycles. The Morgan fingerprint density at radius 1 is 1.26 bits per heavy atom. The lowest BCUT2D eigenvalue weighted by Crippen LogP contribution is -2.61. The van der Waals surface area contributed by atoms with Gasteiger partial charge in [-0.15, -0.1) is 0 Å². The third-order valence-electron chi connectivity index (χ3n) is 4.39. The molecule has 3 unspecified atom stereocenters. The van der Waals surface area contributed by atoms with Gasteiger partial charge in [0.15, 0.2) is 11.5 Å². The molecule has 1 saturated carbocycles. The van der Waals surface area contributed by atoms with Crippen LogP contribution < -0.4 is 15.2 Å². The van der Waals surface area contributed by atoms with Crippen LogP contribution in [0.4, 0.5) is 0 Å². The topological polar surface area (TPSA) is 44.5 Å². The van der Waals surface area contributed by atoms with E-state index in [0.29, 0.717) is 0 Å². The number of hydrogen-bond acceptors (Lipinski definition) is 3. The van der Waals surface area contributed by atoms with Gasteiger partial charge in [0.25, 0.3) is 0 Å². The molecule has 19 heavy (non-hydrogen) atoms. The van der Waals surface area contributed by atoms with Gasteiger partial charge >= 0.3 is 0 Å². The summed E-state index contributed by atoms with van der Waals surface area (Å²) in [7, 11) is 0. The fourth-order valence-corrected chi connectivity index (χ4v) is 2.55. The van der Waals surface area contributed by atoms with Gasteiger partial charge in [0.2, 0.25) is 0 Å². The summed E-state index contributed by atoms with van der Waals surface area (Å²) in [5, 5.41) is 0. The van der Waals surface area contributed by atoms with Crippen LogP contribution in [-0.2, 0) is 0 Å². The van der Waals surface area contributed by atoms with E-state index in [0.717, 1.165) is 37.4 Å². The second-order valence-electron chi connectivity index (χ2n) is 5.60. The molecular formula is C16H25NO2. The van der Waals surface area contributed by atoms with Gasteiger partial charge in [-0.05, 0) is 25.0 Å². The number of benzene rings is 1. The van der Waals surface area contributed by atoms with Crippen molar-refractivity contribution in [3.8, 4) is 11.5 Å². The Kier molecular flexibility index (Phi) is 4.35. The summed E-state index contributed by atoms with van der Waals surface area (Å²) < 4.78 is 11.9. The Labute approximate surface area is 116 Å². The molecule has 1 aliphatic carbocycles. The third kappa shape index (κ3) is 2.71. The summed E-state index contributed by atoms with van der Waals surface area (Å²) >= 11 is 0. The van der Waals surface area contributed by atoms with E-state index in [9.17, 15) is 0 Å². The predicted molar refractivity (Wildman–Crippen MR) is 77.6 cm³/mol. The zero-order valence-corrected chi connectivity index (χ0v) is 12.2. The summed E-state index contributed by atoms with van der Waals surface area (Å²) in [4.78, 5) is 0. The molecule has 1 aliphatic rings. The third-order valence-corrected chi connectivity index (χ3v) is 4.39. The molecule has 2 N–H and O–H groups in total. The van der Waals surface area contributed by atoms with E-state index in [-0.39, 0.29) is 17.6 Å². The van der Waals surface area contributed by atoms with Crippen molar-refractivity contribution in [2.45, 2.75) is 52.2 Å². The largest absolute Gasteiger partial charge is 0.490 e. The summed E-state index contributed by atoms with van der Waals surface area (Å²) in [6.45, 7) is 7.20. The quantitative estimate of drug-likeness (QED) is 0.855. The number of nitrogens with two attached hydrogens (primary N) is 1. The maximum Gasteiger partial charge on any atom is 0.161 e. The van der Waals surface area contributed by atoms with Crippen LogP contribution >= 0.6 is 0 Å². The summed E-state index contributed by atoms with van der Waals surface area (Å²) in [6.07, 6.45) is 3.15. The van der Waals surface area contributed by atoms with Gasteiger partial charge in [0.1, 0.15) is 6.10 Å². The van der Waals surface area contributed by atoms with Crippen molar-refractivity contribution < 1.29 is 9.47 Å². The predicted octanol–water partition coefficient (Wildman–Crippen LogP) is 3.37. The molecule has 1 aromatic rings. The molecule has 1 aromatic carbocycles. The van der Waals surface area contributed by atoms with Crippen LogP contribution in [-0.4, -0.2) is 18.8 Å². The molecule has 3 atom stereocenters. The second-order valence-corrected chi connectivity index (χ2v) is 5.60. The summed E-state index contributed by atoms with van der Waals surface area (Å²) in [6, 6.07) is 8.14. The number of hydrogen-bond donors (Lipinski definition) is 1. The molecule has 0 saturated heterocycles. The van der Waals surface area contributed by atoms with Gasteiger partial charge in [-0.1, -0.05) is 32.9 Å². The molecule has 0 radical (unpaired) electrons. The molecule has 1 fully saturated rings. The fourth-order valence-electron chi connectivity index (χ4n) is 2.55. The highest BCUT2D eigenvalue weighted by molar-refractivity contribution is 5.40. The van der Waals surface area contributed by atoms with E-state index in [1.165, 1.54) is 0 Å². The average molecular weight is 263 g/mol. The molecule has 0 amide bonds. The van der Waals surface area contributed by atoms with Gasteiger partial charge in [-0.2, -0.15) is 0 Å². The zero-order valence-electron chi connectivity index (χ0n) is 12.2. The Morgan fingerprint density at radius 2 is 1.95 bits per heavy atom. The van der Waals surface area contributed by atoms with Crippen LogP contribution in [0.25, 0.3) is 0 Å². The van der Waals surface area contributed by atoms with E-state index < -0.39 is 0 Å². The van der Waals surface area contributed by atoms with Crippen LogP contribution in [0.5, 0.6) is 11.5 Å². The molecule has 0 aliphatic heterocycles. The van der Waals surface area contributed by atoms with E-state index in [1.54, 1.807) is 0 Å². The number of ether oxygens (including phenoxy) is 2. The maximum atomic E-state index is 6.15. The monoisotopic (exact) mass is 263 g/mol. The van der Waals surface area contributed by atoms with Crippen molar-refractivity contribution in [1.29, 1.82) is 0 Å². The highest BCUT2D eigenvalue weighted by atomic mass is 16.5. The molecule has 2 rings (SSSR count). The highest BCUT2D eigenvalue weighted by Gasteiger charge is 2.50. The van der Waals surface area contributed by atoms with Crippen molar-refractivity contribution in [2.24, 2.45) is 11.1 Å². The van der Waals surface area contributed by atoms with Crippen LogP contribution in [0, 0.1) is 5.41 Å². The Hall–Kier alpha value is -1.22. The highest BCUT2D eigenvalue weighted by Crippen LogP contribution is 2.45. The molecule has 3 nitrogen and oxygen atoms in total. The first-order valence-electron chi connectivity index (χ1n) is 7.25. The molecule has 0 heterocycles. The summed E-state index contributed by atoms with van der Waals surface area (Å²) in [5.41, 5.74) is 6.20. The smallest absolute Gasteiger partial charge is 0.161 e. The zero-order chi connectivity index (χ0) is 13.9. The Balaban J connectivity index is 2.07. The minimum Gasteiger partial charge on any atom is -0.490 e. The normalized spacial score (nSPS) is 29.7. The molecule has 0 spiro atoms. The minimum atomic E-state index is 0.0812. The lowest BCUT2D eigenvalue weighted by atomic mass is 9.62. The van der Waals surface area contributed by atoms with Gasteiger partial charge in [0.05, 0.1) is 6.61 Å². The molecular weight excluding hydrogens is 238 g/mol. The van der Waals surface area contributed by atoms with Gasteiger partial charge in [-0.3, -0.25) is 0 Å². The second kappa shape index (κ2) is 5.83. The summed E-state index contributed by atoms with van der Waals surface area (Å²) in [5.74, 6) is 1.68. The first-order valence-corrected chi connectivity index (χ1v) is 7.25. The SMILES string of the molecule is CCCOc1ccccc1OC1CC(N)C1(C)CC. The lowest BCUT2D eigenvalue weighted by molar-refractivity contribution is -0.0571. The lowest BCUT2D eigenvalue weighted by Gasteiger charge is -2.51. The van der Waals surface area contributed by atoms with E-state index in [1.807, 2.05) is 24.3 Å². The first kappa shape index (κ1) is 14.2. The van der Waals surface area contributed by atoms with E-state index in [2.05, 4.69) is 20.8 Å². The minimum absolute atomic E-state index is 0.0812. The van der Waals surface area contributed by atoms with E-state index in [4.69, 9.17) is 15.2 Å². The van der Waals surface area contributed by atoms with Gasteiger partial charge < -0.3 is 15.2 Å². The molecule has 3 heteroatoms. The van der Waals surface area contributed by atoms with Crippen molar-refractivity contribution in [3.63, 3.8) is 0 Å². The van der Waals surface area contributed by atoms with Crippen LogP contribution in [0.1, 0.15) is 40.0 Å². The average Bonchev–Trinajstić information content (AvgIpc) is 2.45. The standard InChI is InChI=1S/C16H25NO2/c1-4-10-18-12-8-6-7-9-13(12)19-15-11-14(17)16(15,3)5-2/h6-9,14-15H,4-5,10-11,17H2,1-3H3. The van der Waals surface area contributed by atoms with Crippen molar-refractivity contribution in [3.05, 3.63) is 24.3 Å². The fraction of sp³-hybridized carbons (Fsp3) is 0.625. The van der Waals surface area contributed by atoms with Gasteiger partial charge in [-0.25, -0.2) is 0 Å². The first-order chi connectivity index (χ1) is 9.11. The maximum absolute atomic E-state index is 6.15. The van der Waals surface area contributed by atoms with Gasteiger partial charge in [0, 0.05) is 17.9 Å². The molecule has 106 valence electrons. The van der Waals surface area contributed by atoms with Crippen molar-refractivity contribution >= 4 is 0 Å². The molecule has 0 bridgehead atoms. The van der Waals surface area contributed by atoms with Crippen molar-refractivity contribution in [1.82, 2.24) is 0 Å². The Morgan fingerprint density at radius 3 is 2.53 bits per heavy atom. The number of para-hydroxylation sites is 2. The Bertz CT molecular complexity index is 421. The van der Waals surface area contributed by atoms with Crippen LogP contribution in [0.3, 0.4) is 0 Å². The van der Waals surface area contributed by atoms with Crippen LogP contribution in [0.15, 0.2) is 24.3 Å².